The summed E-state index contributed by atoms with van der Waals surface area (Å²) in [5.74, 6) is -0.214. The molecule has 0 fully saturated rings. The molecular formula is C13H12N2O2S. The van der Waals surface area contributed by atoms with Gasteiger partial charge in [-0.25, -0.2) is 9.97 Å². The van der Waals surface area contributed by atoms with Gasteiger partial charge in [0.05, 0.1) is 5.75 Å². The average molecular weight is 260 g/mol. The molecule has 2 rings (SSSR count). The summed E-state index contributed by atoms with van der Waals surface area (Å²) < 4.78 is 0. The Morgan fingerprint density at radius 3 is 2.72 bits per heavy atom. The molecule has 1 N–H and O–H groups in total. The molecule has 0 saturated heterocycles. The summed E-state index contributed by atoms with van der Waals surface area (Å²) in [6.07, 6.45) is 1.74. The Kier molecular flexibility index (Phi) is 3.94. The molecule has 18 heavy (non-hydrogen) atoms. The van der Waals surface area contributed by atoms with Gasteiger partial charge >= 0.3 is 5.97 Å². The fraction of sp³-hybridized carbons (Fsp3) is 0.154. The molecule has 0 radical (unpaired) electrons. The van der Waals surface area contributed by atoms with Crippen molar-refractivity contribution < 1.29 is 9.90 Å². The highest BCUT2D eigenvalue weighted by molar-refractivity contribution is 8.00. The van der Waals surface area contributed by atoms with Crippen LogP contribution in [0.4, 0.5) is 0 Å². The first-order valence-corrected chi connectivity index (χ1v) is 6.39. The molecule has 1 aromatic carbocycles. The highest BCUT2D eigenvalue weighted by Gasteiger charge is 2.10. The van der Waals surface area contributed by atoms with Gasteiger partial charge in [-0.2, -0.15) is 0 Å². The maximum atomic E-state index is 10.6. The molecule has 0 aliphatic heterocycles. The number of carboxylic acids is 1. The quantitative estimate of drug-likeness (QED) is 0.676. The molecule has 0 atom stereocenters. The van der Waals surface area contributed by atoms with Gasteiger partial charge in [-0.05, 0) is 12.5 Å². The van der Waals surface area contributed by atoms with Crippen molar-refractivity contribution in [1.82, 2.24) is 9.97 Å². The minimum atomic E-state index is -0.852. The van der Waals surface area contributed by atoms with E-state index < -0.39 is 5.97 Å². The first-order valence-electron chi connectivity index (χ1n) is 5.40. The lowest BCUT2D eigenvalue weighted by molar-refractivity contribution is -0.133. The second-order valence-electron chi connectivity index (χ2n) is 3.68. The molecule has 0 aliphatic rings. The zero-order chi connectivity index (χ0) is 13.0. The Hall–Kier alpha value is -1.88. The van der Waals surface area contributed by atoms with Crippen LogP contribution >= 0.6 is 11.8 Å². The van der Waals surface area contributed by atoms with Crippen molar-refractivity contribution in [2.45, 2.75) is 11.9 Å². The molecule has 92 valence electrons. The van der Waals surface area contributed by atoms with E-state index in [1.165, 1.54) is 11.8 Å². The van der Waals surface area contributed by atoms with E-state index in [0.29, 0.717) is 10.9 Å². The number of aryl methyl sites for hydroxylation is 1. The van der Waals surface area contributed by atoms with Gasteiger partial charge < -0.3 is 5.11 Å². The first-order chi connectivity index (χ1) is 8.66. The number of hydrogen-bond donors (Lipinski definition) is 1. The van der Waals surface area contributed by atoms with Gasteiger partial charge in [0.2, 0.25) is 0 Å². The van der Waals surface area contributed by atoms with Gasteiger partial charge in [0.15, 0.2) is 0 Å². The van der Waals surface area contributed by atoms with E-state index in [0.717, 1.165) is 11.1 Å². The summed E-state index contributed by atoms with van der Waals surface area (Å²) in [6, 6.07) is 9.71. The maximum Gasteiger partial charge on any atom is 0.313 e. The zero-order valence-corrected chi connectivity index (χ0v) is 10.6. The van der Waals surface area contributed by atoms with Crippen LogP contribution in [0, 0.1) is 6.92 Å². The molecule has 1 aromatic heterocycles. The Balaban J connectivity index is 2.37. The Morgan fingerprint density at radius 2 is 2.06 bits per heavy atom. The van der Waals surface area contributed by atoms with E-state index in [9.17, 15) is 4.79 Å². The Labute approximate surface area is 109 Å². The minimum absolute atomic E-state index is 0.00368. The van der Waals surface area contributed by atoms with Crippen LogP contribution in [0.25, 0.3) is 11.1 Å². The minimum Gasteiger partial charge on any atom is -0.481 e. The van der Waals surface area contributed by atoms with Crippen molar-refractivity contribution in [3.05, 3.63) is 42.4 Å². The lowest BCUT2D eigenvalue weighted by atomic mass is 10.1. The van der Waals surface area contributed by atoms with Crippen LogP contribution in [0.5, 0.6) is 0 Å². The number of nitrogens with zero attached hydrogens (tertiary/aromatic N) is 2. The summed E-state index contributed by atoms with van der Waals surface area (Å²) in [4.78, 5) is 19.1. The zero-order valence-electron chi connectivity index (χ0n) is 9.83. The SMILES string of the molecule is Cc1ncc(-c2ccccc2)c(SCC(=O)O)n1. The Bertz CT molecular complexity index is 558. The molecule has 0 bridgehead atoms. The van der Waals surface area contributed by atoms with Gasteiger partial charge in [0.25, 0.3) is 0 Å². The molecule has 0 spiro atoms. The van der Waals surface area contributed by atoms with Crippen molar-refractivity contribution in [2.75, 3.05) is 5.75 Å². The largest absolute Gasteiger partial charge is 0.481 e. The average Bonchev–Trinajstić information content (AvgIpc) is 2.37. The van der Waals surface area contributed by atoms with E-state index in [1.807, 2.05) is 30.3 Å². The lowest BCUT2D eigenvalue weighted by Gasteiger charge is -2.07. The highest BCUT2D eigenvalue weighted by atomic mass is 32.2. The fourth-order valence-electron chi connectivity index (χ4n) is 1.51. The van der Waals surface area contributed by atoms with Crippen LogP contribution < -0.4 is 0 Å². The molecule has 0 amide bonds. The van der Waals surface area contributed by atoms with Crippen LogP contribution in [-0.4, -0.2) is 26.8 Å². The molecule has 0 aliphatic carbocycles. The monoisotopic (exact) mass is 260 g/mol. The van der Waals surface area contributed by atoms with Crippen molar-refractivity contribution in [3.63, 3.8) is 0 Å². The summed E-state index contributed by atoms with van der Waals surface area (Å²) in [7, 11) is 0. The number of aromatic nitrogens is 2. The second kappa shape index (κ2) is 5.64. The molecule has 0 unspecified atom stereocenters. The summed E-state index contributed by atoms with van der Waals surface area (Å²) in [5, 5.41) is 9.45. The highest BCUT2D eigenvalue weighted by Crippen LogP contribution is 2.28. The third kappa shape index (κ3) is 3.07. The predicted molar refractivity (Wildman–Crippen MR) is 70.6 cm³/mol. The molecule has 5 heteroatoms. The van der Waals surface area contributed by atoms with Gasteiger partial charge in [-0.3, -0.25) is 4.79 Å². The predicted octanol–water partition coefficient (Wildman–Crippen LogP) is 2.63. The van der Waals surface area contributed by atoms with Crippen molar-refractivity contribution in [3.8, 4) is 11.1 Å². The smallest absolute Gasteiger partial charge is 0.313 e. The molecule has 2 aromatic rings. The number of hydrogen-bond acceptors (Lipinski definition) is 4. The van der Waals surface area contributed by atoms with E-state index >= 15 is 0 Å². The van der Waals surface area contributed by atoms with Gasteiger partial charge in [0, 0.05) is 11.8 Å². The third-order valence-electron chi connectivity index (χ3n) is 2.29. The molecular weight excluding hydrogens is 248 g/mol. The molecule has 1 heterocycles. The summed E-state index contributed by atoms with van der Waals surface area (Å²) in [5.41, 5.74) is 1.86. The van der Waals surface area contributed by atoms with Crippen LogP contribution in [0.1, 0.15) is 5.82 Å². The second-order valence-corrected chi connectivity index (χ2v) is 4.65. The first kappa shape index (κ1) is 12.6. The standard InChI is InChI=1S/C13H12N2O2S/c1-9-14-7-11(10-5-3-2-4-6-10)13(15-9)18-8-12(16)17/h2-7H,8H2,1H3,(H,16,17). The number of rotatable bonds is 4. The lowest BCUT2D eigenvalue weighted by Crippen LogP contribution is -2.00. The number of carboxylic acid groups (broad SMARTS) is 1. The van der Waals surface area contributed by atoms with Crippen molar-refractivity contribution in [1.29, 1.82) is 0 Å². The normalized spacial score (nSPS) is 10.3. The van der Waals surface area contributed by atoms with Crippen LogP contribution in [0.2, 0.25) is 0 Å². The number of thioether (sulfide) groups is 1. The van der Waals surface area contributed by atoms with Crippen molar-refractivity contribution in [2.24, 2.45) is 0 Å². The van der Waals surface area contributed by atoms with Gasteiger partial charge in [0.1, 0.15) is 10.9 Å². The topological polar surface area (TPSA) is 63.1 Å². The van der Waals surface area contributed by atoms with Crippen LogP contribution in [0.15, 0.2) is 41.6 Å². The van der Waals surface area contributed by atoms with Crippen LogP contribution in [0.3, 0.4) is 0 Å². The summed E-state index contributed by atoms with van der Waals surface area (Å²) in [6.45, 7) is 1.79. The number of benzene rings is 1. The van der Waals surface area contributed by atoms with Crippen molar-refractivity contribution >= 4 is 17.7 Å². The van der Waals surface area contributed by atoms with E-state index in [4.69, 9.17) is 5.11 Å². The van der Waals surface area contributed by atoms with Crippen LogP contribution in [-0.2, 0) is 4.79 Å². The third-order valence-corrected chi connectivity index (χ3v) is 3.27. The summed E-state index contributed by atoms with van der Waals surface area (Å²) >= 11 is 1.21. The van der Waals surface area contributed by atoms with Gasteiger partial charge in [-0.1, -0.05) is 42.1 Å². The number of aliphatic carboxylic acids is 1. The fourth-order valence-corrected chi connectivity index (χ4v) is 2.29. The Morgan fingerprint density at radius 1 is 1.33 bits per heavy atom. The van der Waals surface area contributed by atoms with E-state index in [-0.39, 0.29) is 5.75 Å². The van der Waals surface area contributed by atoms with E-state index in [2.05, 4.69) is 9.97 Å². The van der Waals surface area contributed by atoms with Gasteiger partial charge in [-0.15, -0.1) is 0 Å². The maximum absolute atomic E-state index is 10.6. The number of carbonyl (C=O) groups is 1. The molecule has 0 saturated carbocycles. The van der Waals surface area contributed by atoms with E-state index in [1.54, 1.807) is 13.1 Å². The molecule has 4 nitrogen and oxygen atoms in total.